The molecule has 0 spiro atoms. The number of aromatic nitrogens is 4. The minimum Gasteiger partial charge on any atom is -0.475 e. The van der Waals surface area contributed by atoms with Crippen LogP contribution in [0.2, 0.25) is 0 Å². The molecule has 43 heavy (non-hydrogen) atoms. The normalized spacial score (nSPS) is 14.1. The fourth-order valence-corrected chi connectivity index (χ4v) is 4.79. The van der Waals surface area contributed by atoms with Crippen molar-refractivity contribution in [2.24, 2.45) is 5.73 Å². The summed E-state index contributed by atoms with van der Waals surface area (Å²) in [6, 6.07) is 9.06. The number of carbonyl (C=O) groups is 1. The summed E-state index contributed by atoms with van der Waals surface area (Å²) in [5.41, 5.74) is 7.63. The van der Waals surface area contributed by atoms with E-state index in [1.807, 2.05) is 25.7 Å². The number of aliphatic carboxylic acids is 1. The Hall–Kier alpha value is -4.46. The van der Waals surface area contributed by atoms with Gasteiger partial charge in [-0.3, -0.25) is 4.98 Å². The molecule has 0 atom stereocenters. The van der Waals surface area contributed by atoms with Gasteiger partial charge < -0.3 is 15.7 Å². The fraction of sp³-hybridized carbons (Fsp3) is 0.345. The minimum atomic E-state index is -5.08. The lowest BCUT2D eigenvalue weighted by atomic mass is 10.0. The van der Waals surface area contributed by atoms with Crippen molar-refractivity contribution in [2.75, 3.05) is 18.0 Å². The minimum absolute atomic E-state index is 0.00315. The van der Waals surface area contributed by atoms with E-state index in [9.17, 15) is 22.4 Å². The predicted molar refractivity (Wildman–Crippen MR) is 150 cm³/mol. The molecule has 228 valence electrons. The lowest BCUT2D eigenvalue weighted by Crippen LogP contribution is -2.41. The van der Waals surface area contributed by atoms with Crippen LogP contribution in [0.4, 0.5) is 27.8 Å². The standard InChI is InChI=1S/C27H28F2N6O.C2HF3O2/c1-15(2)22-24(16(3)8-11-31-22)35-26-19(25(33-27(35)36)34-12-9-17(30)10-13-34)14-21(29)23(32-26)18-6-4-5-7-20(18)28;3-2(4,5)1(6)7/h4-8,11,14-15,17H,9-10,12-13,30H2,1-3H3;(H,6,7). The maximum absolute atomic E-state index is 15.5. The monoisotopic (exact) mass is 604 g/mol. The Morgan fingerprint density at radius 1 is 1.07 bits per heavy atom. The second-order valence-corrected chi connectivity index (χ2v) is 10.4. The van der Waals surface area contributed by atoms with Gasteiger partial charge in [0.25, 0.3) is 0 Å². The van der Waals surface area contributed by atoms with Gasteiger partial charge >= 0.3 is 17.8 Å². The number of rotatable bonds is 4. The molecule has 1 saturated heterocycles. The second-order valence-electron chi connectivity index (χ2n) is 10.4. The number of carboxylic acid groups (broad SMARTS) is 1. The highest BCUT2D eigenvalue weighted by molar-refractivity contribution is 5.90. The third-order valence-electron chi connectivity index (χ3n) is 6.94. The summed E-state index contributed by atoms with van der Waals surface area (Å²) in [6.07, 6.45) is -1.93. The molecular weight excluding hydrogens is 575 g/mol. The Balaban J connectivity index is 0.000000541. The number of halogens is 5. The number of alkyl halides is 3. The van der Waals surface area contributed by atoms with Gasteiger partial charge in [-0.05, 0) is 55.5 Å². The van der Waals surface area contributed by atoms with Crippen molar-refractivity contribution in [2.45, 2.75) is 51.7 Å². The van der Waals surface area contributed by atoms with E-state index in [4.69, 9.17) is 15.6 Å². The molecule has 0 saturated carbocycles. The largest absolute Gasteiger partial charge is 0.490 e. The van der Waals surface area contributed by atoms with Crippen LogP contribution in [0, 0.1) is 18.6 Å². The molecule has 4 aromatic rings. The highest BCUT2D eigenvalue weighted by atomic mass is 19.4. The van der Waals surface area contributed by atoms with Gasteiger partial charge in [-0.15, -0.1) is 0 Å². The zero-order valence-electron chi connectivity index (χ0n) is 23.5. The van der Waals surface area contributed by atoms with E-state index in [1.54, 1.807) is 18.3 Å². The SMILES string of the molecule is Cc1ccnc(C(C)C)c1-n1c(=O)nc(N2CCC(N)CC2)c2cc(F)c(-c3ccccc3F)nc21.O=C(O)C(F)(F)F. The molecule has 1 aromatic carbocycles. The third kappa shape index (κ3) is 6.63. The topological polar surface area (TPSA) is 127 Å². The Morgan fingerprint density at radius 2 is 1.70 bits per heavy atom. The summed E-state index contributed by atoms with van der Waals surface area (Å²) in [4.78, 5) is 38.0. The van der Waals surface area contributed by atoms with Gasteiger partial charge in [-0.1, -0.05) is 26.0 Å². The van der Waals surface area contributed by atoms with E-state index in [-0.39, 0.29) is 28.9 Å². The average Bonchev–Trinajstić information content (AvgIpc) is 2.93. The molecule has 0 amide bonds. The lowest BCUT2D eigenvalue weighted by Gasteiger charge is -2.32. The van der Waals surface area contributed by atoms with Crippen LogP contribution < -0.4 is 16.3 Å². The van der Waals surface area contributed by atoms with Crippen LogP contribution in [0.5, 0.6) is 0 Å². The van der Waals surface area contributed by atoms with E-state index in [1.165, 1.54) is 28.8 Å². The summed E-state index contributed by atoms with van der Waals surface area (Å²) >= 11 is 0. The van der Waals surface area contributed by atoms with Crippen LogP contribution in [-0.4, -0.2) is 55.9 Å². The van der Waals surface area contributed by atoms with E-state index in [0.29, 0.717) is 35.7 Å². The smallest absolute Gasteiger partial charge is 0.475 e. The van der Waals surface area contributed by atoms with Crippen molar-refractivity contribution in [3.05, 3.63) is 76.0 Å². The number of pyridine rings is 2. The predicted octanol–water partition coefficient (Wildman–Crippen LogP) is 5.11. The average molecular weight is 605 g/mol. The molecule has 0 aliphatic carbocycles. The highest BCUT2D eigenvalue weighted by Crippen LogP contribution is 2.33. The molecule has 3 aromatic heterocycles. The van der Waals surface area contributed by atoms with E-state index >= 15 is 4.39 Å². The number of nitrogens with zero attached hydrogens (tertiary/aromatic N) is 5. The first-order valence-corrected chi connectivity index (χ1v) is 13.3. The number of nitrogens with two attached hydrogens (primary N) is 1. The van der Waals surface area contributed by atoms with Crippen molar-refractivity contribution in [1.29, 1.82) is 0 Å². The quantitative estimate of drug-likeness (QED) is 0.308. The summed E-state index contributed by atoms with van der Waals surface area (Å²) in [7, 11) is 0. The zero-order valence-corrected chi connectivity index (χ0v) is 23.5. The van der Waals surface area contributed by atoms with E-state index < -0.39 is 29.5 Å². The molecule has 1 aliphatic heterocycles. The summed E-state index contributed by atoms with van der Waals surface area (Å²) in [5.74, 6) is -3.69. The second kappa shape index (κ2) is 12.4. The molecular formula is C29H29F5N6O3. The molecule has 0 bridgehead atoms. The number of aryl methyl sites for hydroxylation is 1. The van der Waals surface area contributed by atoms with Gasteiger partial charge in [-0.25, -0.2) is 27.9 Å². The highest BCUT2D eigenvalue weighted by Gasteiger charge is 2.38. The van der Waals surface area contributed by atoms with Gasteiger partial charge in [-0.2, -0.15) is 18.2 Å². The van der Waals surface area contributed by atoms with E-state index in [2.05, 4.69) is 15.0 Å². The van der Waals surface area contributed by atoms with Crippen LogP contribution >= 0.6 is 0 Å². The Kier molecular flexibility index (Phi) is 9.09. The van der Waals surface area contributed by atoms with Crippen LogP contribution in [-0.2, 0) is 4.79 Å². The molecule has 0 unspecified atom stereocenters. The zero-order chi connectivity index (χ0) is 31.6. The molecule has 9 nitrogen and oxygen atoms in total. The number of anilines is 1. The molecule has 14 heteroatoms. The van der Waals surface area contributed by atoms with Gasteiger partial charge in [0.1, 0.15) is 23.1 Å². The van der Waals surface area contributed by atoms with Crippen molar-refractivity contribution in [1.82, 2.24) is 19.5 Å². The van der Waals surface area contributed by atoms with Crippen LogP contribution in [0.25, 0.3) is 28.0 Å². The van der Waals surface area contributed by atoms with Crippen molar-refractivity contribution < 1.29 is 31.9 Å². The van der Waals surface area contributed by atoms with Gasteiger partial charge in [0.15, 0.2) is 5.65 Å². The van der Waals surface area contributed by atoms with Crippen LogP contribution in [0.15, 0.2) is 47.4 Å². The lowest BCUT2D eigenvalue weighted by molar-refractivity contribution is -0.192. The molecule has 0 radical (unpaired) electrons. The number of hydrogen-bond acceptors (Lipinski definition) is 7. The Morgan fingerprint density at radius 3 is 2.28 bits per heavy atom. The Labute approximate surface area is 242 Å². The van der Waals surface area contributed by atoms with E-state index in [0.717, 1.165) is 18.4 Å². The van der Waals surface area contributed by atoms with Gasteiger partial charge in [0, 0.05) is 30.9 Å². The third-order valence-corrected chi connectivity index (χ3v) is 6.94. The first-order chi connectivity index (χ1) is 20.2. The van der Waals surface area contributed by atoms with Crippen LogP contribution in [0.3, 0.4) is 0 Å². The molecule has 1 fully saturated rings. The number of hydrogen-bond donors (Lipinski definition) is 2. The summed E-state index contributed by atoms with van der Waals surface area (Å²) in [5, 5.41) is 7.50. The molecule has 5 rings (SSSR count). The number of benzene rings is 1. The molecule has 4 heterocycles. The first-order valence-electron chi connectivity index (χ1n) is 13.3. The van der Waals surface area contributed by atoms with Crippen molar-refractivity contribution in [3.63, 3.8) is 0 Å². The van der Waals surface area contributed by atoms with Crippen LogP contribution in [0.1, 0.15) is 43.9 Å². The number of carboxylic acids is 1. The number of fused-ring (bicyclic) bond motifs is 1. The first kappa shape index (κ1) is 31.5. The molecule has 3 N–H and O–H groups in total. The number of piperidine rings is 1. The van der Waals surface area contributed by atoms with Crippen molar-refractivity contribution in [3.8, 4) is 16.9 Å². The molecule has 1 aliphatic rings. The summed E-state index contributed by atoms with van der Waals surface area (Å²) in [6.45, 7) is 7.02. The van der Waals surface area contributed by atoms with Gasteiger partial charge in [0.2, 0.25) is 0 Å². The maximum Gasteiger partial charge on any atom is 0.490 e. The fourth-order valence-electron chi connectivity index (χ4n) is 4.79. The van der Waals surface area contributed by atoms with Gasteiger partial charge in [0.05, 0.1) is 16.8 Å². The van der Waals surface area contributed by atoms with Crippen molar-refractivity contribution >= 4 is 22.8 Å². The maximum atomic E-state index is 15.5. The Bertz CT molecular complexity index is 1720. The summed E-state index contributed by atoms with van der Waals surface area (Å²) < 4.78 is 63.3.